The zero-order valence-corrected chi connectivity index (χ0v) is 21.9. The highest BCUT2D eigenvalue weighted by molar-refractivity contribution is 6.08. The average molecular weight is 507 g/mol. The maximum absolute atomic E-state index is 13.7. The minimum atomic E-state index is -2.51. The molecule has 4 rings (SSSR count). The van der Waals surface area contributed by atoms with Gasteiger partial charge in [-0.15, -0.1) is 0 Å². The molecular formula is C30H34O7. The van der Waals surface area contributed by atoms with Gasteiger partial charge in [-0.2, -0.15) is 0 Å². The number of benzene rings is 2. The van der Waals surface area contributed by atoms with Crippen molar-refractivity contribution in [1.82, 2.24) is 0 Å². The average Bonchev–Trinajstić information content (AvgIpc) is 3.05. The van der Waals surface area contributed by atoms with Gasteiger partial charge in [-0.1, -0.05) is 34.9 Å². The molecule has 2 aromatic carbocycles. The lowest BCUT2D eigenvalue weighted by molar-refractivity contribution is -0.201. The number of phenols is 3. The quantitative estimate of drug-likeness (QED) is 0.343. The van der Waals surface area contributed by atoms with Crippen molar-refractivity contribution in [2.24, 2.45) is 0 Å². The van der Waals surface area contributed by atoms with Gasteiger partial charge in [0.15, 0.2) is 0 Å². The van der Waals surface area contributed by atoms with Crippen molar-refractivity contribution < 1.29 is 34.7 Å². The first-order chi connectivity index (χ1) is 17.4. The monoisotopic (exact) mass is 506 g/mol. The topological polar surface area (TPSA) is 116 Å². The Kier molecular flexibility index (Phi) is 6.86. The number of hydrogen-bond acceptors (Lipinski definition) is 7. The Hall–Kier alpha value is -3.71. The lowest BCUT2D eigenvalue weighted by Crippen LogP contribution is -2.62. The van der Waals surface area contributed by atoms with E-state index in [0.717, 1.165) is 30.1 Å². The normalized spacial score (nSPS) is 21.8. The number of aliphatic hydroxyl groups is 1. The number of ether oxygens (including phenoxy) is 2. The van der Waals surface area contributed by atoms with Crippen LogP contribution in [0.3, 0.4) is 0 Å². The molecule has 2 atom stereocenters. The minimum absolute atomic E-state index is 0.0304. The zero-order chi connectivity index (χ0) is 27.1. The van der Waals surface area contributed by atoms with Gasteiger partial charge in [0.05, 0.1) is 0 Å². The van der Waals surface area contributed by atoms with E-state index in [2.05, 4.69) is 19.9 Å². The van der Waals surface area contributed by atoms with Crippen LogP contribution in [0, 0.1) is 0 Å². The molecule has 37 heavy (non-hydrogen) atoms. The highest BCUT2D eigenvalue weighted by Crippen LogP contribution is 2.59. The van der Waals surface area contributed by atoms with E-state index in [1.54, 1.807) is 6.07 Å². The fourth-order valence-electron chi connectivity index (χ4n) is 4.87. The first kappa shape index (κ1) is 26.4. The Morgan fingerprint density at radius 1 is 0.919 bits per heavy atom. The van der Waals surface area contributed by atoms with Crippen LogP contribution in [0.2, 0.25) is 0 Å². The molecule has 0 bridgehead atoms. The predicted octanol–water partition coefficient (Wildman–Crippen LogP) is 5.95. The lowest BCUT2D eigenvalue weighted by atomic mass is 9.77. The largest absolute Gasteiger partial charge is 0.508 e. The molecule has 2 heterocycles. The van der Waals surface area contributed by atoms with E-state index in [4.69, 9.17) is 9.47 Å². The number of Topliss-reactive ketones (excluding diaryl/α,β-unsaturated/α-hetero) is 1. The lowest BCUT2D eigenvalue weighted by Gasteiger charge is -2.43. The summed E-state index contributed by atoms with van der Waals surface area (Å²) in [6.45, 7) is 9.89. The molecule has 0 fully saturated rings. The van der Waals surface area contributed by atoms with Crippen LogP contribution in [0.4, 0.5) is 0 Å². The summed E-state index contributed by atoms with van der Waals surface area (Å²) in [6.07, 6.45) is 8.13. The zero-order valence-electron chi connectivity index (χ0n) is 21.9. The van der Waals surface area contributed by atoms with Gasteiger partial charge in [-0.05, 0) is 66.0 Å². The van der Waals surface area contributed by atoms with Gasteiger partial charge in [0.1, 0.15) is 34.3 Å². The summed E-state index contributed by atoms with van der Waals surface area (Å²) < 4.78 is 12.3. The van der Waals surface area contributed by atoms with Gasteiger partial charge in [0.2, 0.25) is 11.4 Å². The van der Waals surface area contributed by atoms with Crippen molar-refractivity contribution >= 4 is 5.78 Å². The van der Waals surface area contributed by atoms with Crippen LogP contribution in [-0.2, 0) is 12.0 Å². The number of carbonyl (C=O) groups excluding carboxylic acids is 1. The first-order valence-corrected chi connectivity index (χ1v) is 12.4. The van der Waals surface area contributed by atoms with Crippen LogP contribution >= 0.6 is 0 Å². The molecule has 196 valence electrons. The third kappa shape index (κ3) is 4.48. The van der Waals surface area contributed by atoms with E-state index in [0.29, 0.717) is 17.5 Å². The standard InChI is InChI=1S/C30H34O7/c1-17(2)7-6-8-19(5)9-10-21-23(32)12-11-22-27(21)37-30(35)28(34)26-24(33)15-20(31)16-25(26)36-29(22,30)14-13-18(3)4/h7,9,11-13,15-16,31-33,35H,6,8,10,14H2,1-5H3/b19-9+/t29-,30-/m1/s1. The second-order valence-corrected chi connectivity index (χ2v) is 10.3. The SMILES string of the molecule is CC(C)=CCC/C(C)=C/Cc1c(O)ccc2c1O[C@]1(O)C(=O)c3c(O)cc(O)cc3O[C@]21CC=C(C)C. The third-order valence-corrected chi connectivity index (χ3v) is 6.90. The first-order valence-electron chi connectivity index (χ1n) is 12.4. The van der Waals surface area contributed by atoms with Crippen LogP contribution in [0.15, 0.2) is 59.2 Å². The molecular weight excluding hydrogens is 472 g/mol. The molecule has 7 nitrogen and oxygen atoms in total. The molecule has 0 aromatic heterocycles. The molecule has 0 spiro atoms. The number of phenolic OH excluding ortho intramolecular Hbond substituents is 3. The highest BCUT2D eigenvalue weighted by atomic mass is 16.7. The van der Waals surface area contributed by atoms with Gasteiger partial charge in [0, 0.05) is 29.7 Å². The number of aromatic hydroxyl groups is 3. The van der Waals surface area contributed by atoms with Gasteiger partial charge in [-0.25, -0.2) is 0 Å². The van der Waals surface area contributed by atoms with Gasteiger partial charge < -0.3 is 29.9 Å². The van der Waals surface area contributed by atoms with E-state index in [1.165, 1.54) is 17.7 Å². The van der Waals surface area contributed by atoms with E-state index in [9.17, 15) is 25.2 Å². The molecule has 2 aromatic rings. The van der Waals surface area contributed by atoms with Crippen LogP contribution in [-0.4, -0.2) is 32.0 Å². The minimum Gasteiger partial charge on any atom is -0.508 e. The number of fused-ring (bicyclic) bond motifs is 4. The number of ketones is 1. The maximum Gasteiger partial charge on any atom is 0.318 e. The molecule has 7 heteroatoms. The number of hydrogen-bond donors (Lipinski definition) is 4. The summed E-state index contributed by atoms with van der Waals surface area (Å²) in [6, 6.07) is 5.32. The summed E-state index contributed by atoms with van der Waals surface area (Å²) in [5.41, 5.74) is 2.16. The molecule has 0 unspecified atom stereocenters. The molecule has 0 saturated heterocycles. The summed E-state index contributed by atoms with van der Waals surface area (Å²) in [7, 11) is 0. The predicted molar refractivity (Wildman–Crippen MR) is 140 cm³/mol. The molecule has 2 aliphatic rings. The van der Waals surface area contributed by atoms with E-state index in [1.807, 2.05) is 32.9 Å². The summed E-state index contributed by atoms with van der Waals surface area (Å²) in [5.74, 6) is -4.13. The second kappa shape index (κ2) is 9.63. The summed E-state index contributed by atoms with van der Waals surface area (Å²) in [4.78, 5) is 13.7. The summed E-state index contributed by atoms with van der Waals surface area (Å²) >= 11 is 0. The van der Waals surface area contributed by atoms with Crippen LogP contribution < -0.4 is 9.47 Å². The number of carbonyl (C=O) groups is 1. The van der Waals surface area contributed by atoms with E-state index < -0.39 is 22.9 Å². The van der Waals surface area contributed by atoms with Crippen molar-refractivity contribution in [1.29, 1.82) is 0 Å². The van der Waals surface area contributed by atoms with Crippen molar-refractivity contribution in [2.75, 3.05) is 0 Å². The van der Waals surface area contributed by atoms with Gasteiger partial charge >= 0.3 is 5.79 Å². The van der Waals surface area contributed by atoms with Crippen LogP contribution in [0.25, 0.3) is 0 Å². The molecule has 0 amide bonds. The molecule has 4 N–H and O–H groups in total. The fraction of sp³-hybridized carbons (Fsp3) is 0.367. The van der Waals surface area contributed by atoms with Crippen molar-refractivity contribution in [3.8, 4) is 28.7 Å². The smallest absolute Gasteiger partial charge is 0.318 e. The van der Waals surface area contributed by atoms with Crippen molar-refractivity contribution in [2.45, 2.75) is 71.7 Å². The Morgan fingerprint density at radius 2 is 1.62 bits per heavy atom. The molecule has 0 aliphatic carbocycles. The fourth-order valence-corrected chi connectivity index (χ4v) is 4.87. The Labute approximate surface area is 217 Å². The van der Waals surface area contributed by atoms with Gasteiger partial charge in [0.25, 0.3) is 0 Å². The maximum atomic E-state index is 13.7. The second-order valence-electron chi connectivity index (χ2n) is 10.3. The van der Waals surface area contributed by atoms with Crippen molar-refractivity contribution in [3.05, 3.63) is 75.9 Å². The summed E-state index contributed by atoms with van der Waals surface area (Å²) in [5, 5.41) is 43.1. The molecule has 0 radical (unpaired) electrons. The molecule has 2 aliphatic heterocycles. The van der Waals surface area contributed by atoms with Crippen LogP contribution in [0.5, 0.6) is 28.7 Å². The Bertz CT molecular complexity index is 1340. The third-order valence-electron chi connectivity index (χ3n) is 6.90. The Morgan fingerprint density at radius 3 is 2.30 bits per heavy atom. The van der Waals surface area contributed by atoms with Crippen LogP contribution in [0.1, 0.15) is 75.4 Å². The van der Waals surface area contributed by atoms with Gasteiger partial charge in [-0.3, -0.25) is 4.79 Å². The highest BCUT2D eigenvalue weighted by Gasteiger charge is 2.70. The van der Waals surface area contributed by atoms with E-state index >= 15 is 0 Å². The van der Waals surface area contributed by atoms with Crippen molar-refractivity contribution in [3.63, 3.8) is 0 Å². The van der Waals surface area contributed by atoms with E-state index in [-0.39, 0.29) is 35.0 Å². The number of rotatable bonds is 7. The Balaban J connectivity index is 1.84. The molecule has 0 saturated carbocycles. The number of allylic oxidation sites excluding steroid dienone is 5.